The first-order valence-corrected chi connectivity index (χ1v) is 10.0. The summed E-state index contributed by atoms with van der Waals surface area (Å²) in [6, 6.07) is 14.1. The van der Waals surface area contributed by atoms with Crippen LogP contribution in [0.5, 0.6) is 5.75 Å². The highest BCUT2D eigenvalue weighted by atomic mass is 35.5. The molecular formula is C23H23ClO4. The van der Waals surface area contributed by atoms with Crippen LogP contribution in [0.3, 0.4) is 0 Å². The number of halogens is 1. The molecule has 0 amide bonds. The van der Waals surface area contributed by atoms with Gasteiger partial charge in [-0.1, -0.05) is 24.6 Å². The van der Waals surface area contributed by atoms with E-state index in [1.807, 2.05) is 24.3 Å². The summed E-state index contributed by atoms with van der Waals surface area (Å²) >= 11 is 6.18. The molecule has 0 spiro atoms. The van der Waals surface area contributed by atoms with Crippen molar-refractivity contribution in [1.29, 1.82) is 0 Å². The first-order chi connectivity index (χ1) is 13.6. The molecule has 1 aromatic heterocycles. The topological polar surface area (TPSA) is 48.7 Å². The molecule has 1 saturated carbocycles. The lowest BCUT2D eigenvalue weighted by Gasteiger charge is -2.12. The number of para-hydroxylation sites is 1. The molecule has 1 aliphatic rings. The fourth-order valence-electron chi connectivity index (χ4n) is 3.68. The van der Waals surface area contributed by atoms with Crippen molar-refractivity contribution in [3.05, 3.63) is 63.8 Å². The van der Waals surface area contributed by atoms with Gasteiger partial charge >= 0.3 is 0 Å². The molecule has 4 nitrogen and oxygen atoms in total. The predicted molar refractivity (Wildman–Crippen MR) is 111 cm³/mol. The molecule has 0 bridgehead atoms. The van der Waals surface area contributed by atoms with Crippen LogP contribution >= 0.6 is 11.6 Å². The largest absolute Gasteiger partial charge is 0.491 e. The smallest absolute Gasteiger partial charge is 0.193 e. The van der Waals surface area contributed by atoms with E-state index < -0.39 is 0 Å². The average Bonchev–Trinajstić information content (AvgIpc) is 3.11. The molecule has 2 unspecified atom stereocenters. The Hall–Kier alpha value is -2.30. The molecule has 2 atom stereocenters. The highest BCUT2D eigenvalue weighted by molar-refractivity contribution is 6.34. The zero-order chi connectivity index (χ0) is 19.5. The Morgan fingerprint density at radius 2 is 1.93 bits per heavy atom. The number of hydrogen-bond donors (Lipinski definition) is 0. The van der Waals surface area contributed by atoms with Gasteiger partial charge in [0.05, 0.1) is 23.1 Å². The maximum atomic E-state index is 12.3. The number of ether oxygens (including phenoxy) is 2. The van der Waals surface area contributed by atoms with Gasteiger partial charge in [-0.2, -0.15) is 0 Å². The summed E-state index contributed by atoms with van der Waals surface area (Å²) in [6.07, 6.45) is 3.93. The fraction of sp³-hybridized carbons (Fsp3) is 0.348. The van der Waals surface area contributed by atoms with Gasteiger partial charge in [-0.15, -0.1) is 0 Å². The minimum Gasteiger partial charge on any atom is -0.491 e. The van der Waals surface area contributed by atoms with Crippen LogP contribution in [0.4, 0.5) is 0 Å². The molecule has 1 heterocycles. The lowest BCUT2D eigenvalue weighted by atomic mass is 10.1. The van der Waals surface area contributed by atoms with Crippen molar-refractivity contribution in [3.63, 3.8) is 0 Å². The summed E-state index contributed by atoms with van der Waals surface area (Å²) in [4.78, 5) is 12.3. The summed E-state index contributed by atoms with van der Waals surface area (Å²) in [5.74, 6) is 2.01. The van der Waals surface area contributed by atoms with Crippen molar-refractivity contribution in [3.8, 4) is 17.1 Å². The van der Waals surface area contributed by atoms with E-state index >= 15 is 0 Å². The molecule has 146 valence electrons. The summed E-state index contributed by atoms with van der Waals surface area (Å²) in [6.45, 7) is 3.38. The van der Waals surface area contributed by atoms with E-state index in [2.05, 4.69) is 6.92 Å². The Balaban J connectivity index is 1.40. The number of rotatable bonds is 6. The standard InChI is InChI=1S/C23H23ClO4/c1-15-5-8-18(13-15)27-12-11-26-17-9-6-16(7-10-17)22-14-21(25)19-3-2-4-20(24)23(19)28-22/h2-4,6-7,9-10,14-15,18H,5,8,11-13H2,1H3. The van der Waals surface area contributed by atoms with Crippen LogP contribution in [-0.4, -0.2) is 19.3 Å². The van der Waals surface area contributed by atoms with Gasteiger partial charge in [0.15, 0.2) is 11.0 Å². The Morgan fingerprint density at radius 3 is 2.68 bits per heavy atom. The quantitative estimate of drug-likeness (QED) is 0.500. The highest BCUT2D eigenvalue weighted by Crippen LogP contribution is 2.28. The van der Waals surface area contributed by atoms with Crippen LogP contribution in [0, 0.1) is 5.92 Å². The normalized spacial score (nSPS) is 19.2. The SMILES string of the molecule is CC1CCC(OCCOc2ccc(-c3cc(=O)c4cccc(Cl)c4o3)cc2)C1. The molecule has 5 heteroatoms. The van der Waals surface area contributed by atoms with Crippen molar-refractivity contribution in [2.75, 3.05) is 13.2 Å². The van der Waals surface area contributed by atoms with Gasteiger partial charge in [0, 0.05) is 11.6 Å². The Morgan fingerprint density at radius 1 is 1.11 bits per heavy atom. The molecular weight excluding hydrogens is 376 g/mol. The second-order valence-corrected chi connectivity index (χ2v) is 7.78. The van der Waals surface area contributed by atoms with Gasteiger partial charge < -0.3 is 13.9 Å². The van der Waals surface area contributed by atoms with E-state index in [0.717, 1.165) is 30.1 Å². The second kappa shape index (κ2) is 8.38. The molecule has 3 aromatic rings. The molecule has 0 aliphatic heterocycles. The van der Waals surface area contributed by atoms with Crippen LogP contribution in [0.1, 0.15) is 26.2 Å². The third-order valence-electron chi connectivity index (χ3n) is 5.20. The molecule has 1 aliphatic carbocycles. The van der Waals surface area contributed by atoms with Gasteiger partial charge in [0.1, 0.15) is 18.1 Å². The van der Waals surface area contributed by atoms with Crippen LogP contribution in [0.2, 0.25) is 5.02 Å². The van der Waals surface area contributed by atoms with Crippen LogP contribution in [0.25, 0.3) is 22.3 Å². The van der Waals surface area contributed by atoms with Gasteiger partial charge in [0.2, 0.25) is 0 Å². The number of hydrogen-bond acceptors (Lipinski definition) is 4. The van der Waals surface area contributed by atoms with Gasteiger partial charge in [0.25, 0.3) is 0 Å². The van der Waals surface area contributed by atoms with Crippen molar-refractivity contribution in [2.24, 2.45) is 5.92 Å². The summed E-state index contributed by atoms with van der Waals surface area (Å²) in [5.41, 5.74) is 1.09. The molecule has 28 heavy (non-hydrogen) atoms. The molecule has 1 fully saturated rings. The van der Waals surface area contributed by atoms with Crippen molar-refractivity contribution < 1.29 is 13.9 Å². The van der Waals surface area contributed by atoms with E-state index in [-0.39, 0.29) is 5.43 Å². The summed E-state index contributed by atoms with van der Waals surface area (Å²) in [7, 11) is 0. The number of fused-ring (bicyclic) bond motifs is 1. The first-order valence-electron chi connectivity index (χ1n) is 9.67. The monoisotopic (exact) mass is 398 g/mol. The molecule has 0 saturated heterocycles. The van der Waals surface area contributed by atoms with Crippen molar-refractivity contribution in [1.82, 2.24) is 0 Å². The van der Waals surface area contributed by atoms with Crippen molar-refractivity contribution in [2.45, 2.75) is 32.3 Å². The molecule has 4 rings (SSSR count). The maximum Gasteiger partial charge on any atom is 0.193 e. The van der Waals surface area contributed by atoms with Crippen molar-refractivity contribution >= 4 is 22.6 Å². The highest BCUT2D eigenvalue weighted by Gasteiger charge is 2.21. The maximum absolute atomic E-state index is 12.3. The average molecular weight is 399 g/mol. The summed E-state index contributed by atoms with van der Waals surface area (Å²) in [5, 5.41) is 0.904. The minimum atomic E-state index is -0.113. The predicted octanol–water partition coefficient (Wildman–Crippen LogP) is 5.70. The lowest BCUT2D eigenvalue weighted by Crippen LogP contribution is -2.14. The van der Waals surface area contributed by atoms with Gasteiger partial charge in [-0.25, -0.2) is 0 Å². The molecule has 0 radical (unpaired) electrons. The van der Waals surface area contributed by atoms with E-state index in [0.29, 0.717) is 41.1 Å². The van der Waals surface area contributed by atoms with Gasteiger partial charge in [-0.05, 0) is 61.6 Å². The second-order valence-electron chi connectivity index (χ2n) is 7.38. The fourth-order valence-corrected chi connectivity index (χ4v) is 3.89. The van der Waals surface area contributed by atoms with E-state index in [9.17, 15) is 4.79 Å². The first kappa shape index (κ1) is 19.0. The van der Waals surface area contributed by atoms with Crippen LogP contribution in [0.15, 0.2) is 57.7 Å². The van der Waals surface area contributed by atoms with E-state index in [4.69, 9.17) is 25.5 Å². The Labute approximate surface area is 169 Å². The Kier molecular flexibility index (Phi) is 5.69. The van der Waals surface area contributed by atoms with Crippen LogP contribution in [-0.2, 0) is 4.74 Å². The number of benzene rings is 2. The molecule has 0 N–H and O–H groups in total. The van der Waals surface area contributed by atoms with Crippen LogP contribution < -0.4 is 10.2 Å². The lowest BCUT2D eigenvalue weighted by molar-refractivity contribution is 0.0363. The molecule has 2 aromatic carbocycles. The van der Waals surface area contributed by atoms with E-state index in [1.54, 1.807) is 18.2 Å². The Bertz CT molecular complexity index is 1010. The minimum absolute atomic E-state index is 0.113. The third kappa shape index (κ3) is 4.23. The third-order valence-corrected chi connectivity index (χ3v) is 5.50. The summed E-state index contributed by atoms with van der Waals surface area (Å²) < 4.78 is 17.5. The van der Waals surface area contributed by atoms with Gasteiger partial charge in [-0.3, -0.25) is 4.79 Å². The zero-order valence-electron chi connectivity index (χ0n) is 15.8. The van der Waals surface area contributed by atoms with E-state index in [1.165, 1.54) is 12.5 Å². The zero-order valence-corrected chi connectivity index (χ0v) is 16.6.